The van der Waals surface area contributed by atoms with E-state index < -0.39 is 5.66 Å². The van der Waals surface area contributed by atoms with Gasteiger partial charge >= 0.3 is 0 Å². The quantitative estimate of drug-likeness (QED) is 0.708. The number of amides is 1. The molecule has 0 radical (unpaired) electrons. The third kappa shape index (κ3) is 4.09. The molecule has 2 aliphatic rings. The van der Waals surface area contributed by atoms with Gasteiger partial charge in [-0.15, -0.1) is 0 Å². The predicted octanol–water partition coefficient (Wildman–Crippen LogP) is 4.03. The summed E-state index contributed by atoms with van der Waals surface area (Å²) < 4.78 is 6.34. The molecule has 1 unspecified atom stereocenters. The summed E-state index contributed by atoms with van der Waals surface area (Å²) in [5, 5.41) is 14.5. The van der Waals surface area contributed by atoms with Crippen LogP contribution in [0, 0.1) is 0 Å². The number of phenolic OH excluding ortho intramolecular Hbond substituents is 1. The highest BCUT2D eigenvalue weighted by Crippen LogP contribution is 2.40. The number of hydrogen-bond acceptors (Lipinski definition) is 5. The van der Waals surface area contributed by atoms with Crippen LogP contribution in [0.4, 0.5) is 0 Å². The second kappa shape index (κ2) is 8.40. The molecule has 158 valence electrons. The number of rotatable bonds is 3. The molecule has 1 atom stereocenters. The lowest BCUT2D eigenvalue weighted by Crippen LogP contribution is -2.56. The number of nitrogens with one attached hydrogen (secondary N) is 1. The summed E-state index contributed by atoms with van der Waals surface area (Å²) in [7, 11) is 1.56. The molecule has 0 bridgehead atoms. The molecule has 6 nitrogen and oxygen atoms in total. The second-order valence-electron chi connectivity index (χ2n) is 7.90. The van der Waals surface area contributed by atoms with Crippen LogP contribution in [0.1, 0.15) is 43.4 Å². The molecular formula is C23H26BrN3O3. The molecule has 2 aromatic carbocycles. The number of carbonyl (C=O) groups is 1. The minimum Gasteiger partial charge on any atom is -0.504 e. The molecule has 1 amide bonds. The minimum atomic E-state index is -0.465. The third-order valence-electron chi connectivity index (χ3n) is 6.03. The van der Waals surface area contributed by atoms with Crippen molar-refractivity contribution < 1.29 is 14.6 Å². The molecule has 2 aromatic rings. The predicted molar refractivity (Wildman–Crippen MR) is 120 cm³/mol. The van der Waals surface area contributed by atoms with Gasteiger partial charge in [-0.25, -0.2) is 0 Å². The van der Waals surface area contributed by atoms with Crippen LogP contribution in [0.3, 0.4) is 0 Å². The number of ether oxygens (including phenoxy) is 1. The number of para-hydroxylation sites is 1. The first-order valence-corrected chi connectivity index (χ1v) is 10.9. The van der Waals surface area contributed by atoms with Crippen LogP contribution >= 0.6 is 15.9 Å². The molecule has 0 saturated carbocycles. The van der Waals surface area contributed by atoms with Crippen LogP contribution in [0.5, 0.6) is 11.5 Å². The first-order valence-electron chi connectivity index (χ1n) is 10.1. The van der Waals surface area contributed by atoms with E-state index in [2.05, 4.69) is 33.4 Å². The molecule has 2 aliphatic heterocycles. The highest BCUT2D eigenvalue weighted by Gasteiger charge is 2.41. The maximum Gasteiger partial charge on any atom is 0.219 e. The number of carbonyl (C=O) groups excluding carboxylic acids is 1. The lowest BCUT2D eigenvalue weighted by atomic mass is 9.87. The molecule has 4 rings (SSSR count). The minimum absolute atomic E-state index is 0.0970. The average molecular weight is 472 g/mol. The number of benzene rings is 2. The summed E-state index contributed by atoms with van der Waals surface area (Å²) >= 11 is 3.50. The van der Waals surface area contributed by atoms with Crippen LogP contribution < -0.4 is 10.1 Å². The van der Waals surface area contributed by atoms with E-state index in [1.807, 2.05) is 29.2 Å². The van der Waals surface area contributed by atoms with E-state index in [9.17, 15) is 9.90 Å². The molecule has 0 aliphatic carbocycles. The van der Waals surface area contributed by atoms with Crippen molar-refractivity contribution in [3.8, 4) is 11.5 Å². The zero-order valence-corrected chi connectivity index (χ0v) is 18.8. The number of halogens is 1. The number of nitrogens with zero attached hydrogens (tertiary/aromatic N) is 2. The lowest BCUT2D eigenvalue weighted by Gasteiger charge is -2.45. The maximum absolute atomic E-state index is 11.8. The summed E-state index contributed by atoms with van der Waals surface area (Å²) in [5.74, 6) is 0.716. The SMILES string of the molecule is COc1cccc(C2CC(c3ccc(Br)cc3)=NC3(CCN(C(C)=O)CC3)N2)c1O. The normalized spacial score (nSPS) is 20.7. The van der Waals surface area contributed by atoms with Gasteiger partial charge in [-0.3, -0.25) is 15.1 Å². The Bertz CT molecular complexity index is 966. The summed E-state index contributed by atoms with van der Waals surface area (Å²) in [4.78, 5) is 18.8. The Morgan fingerprint density at radius 3 is 2.57 bits per heavy atom. The van der Waals surface area contributed by atoms with E-state index in [0.717, 1.165) is 34.2 Å². The topological polar surface area (TPSA) is 74.2 Å². The smallest absolute Gasteiger partial charge is 0.219 e. The Morgan fingerprint density at radius 1 is 1.23 bits per heavy atom. The largest absolute Gasteiger partial charge is 0.504 e. The molecule has 0 aromatic heterocycles. The van der Waals surface area contributed by atoms with Crippen molar-refractivity contribution in [2.75, 3.05) is 20.2 Å². The summed E-state index contributed by atoms with van der Waals surface area (Å²) in [5.41, 5.74) is 2.41. The summed E-state index contributed by atoms with van der Waals surface area (Å²) in [6.07, 6.45) is 2.11. The van der Waals surface area contributed by atoms with Gasteiger partial charge in [-0.05, 0) is 23.8 Å². The maximum atomic E-state index is 11.8. The molecule has 2 N–H and O–H groups in total. The Labute approximate surface area is 185 Å². The Hall–Kier alpha value is -2.38. The fourth-order valence-corrected chi connectivity index (χ4v) is 4.61. The van der Waals surface area contributed by atoms with E-state index in [4.69, 9.17) is 9.73 Å². The Balaban J connectivity index is 1.72. The summed E-state index contributed by atoms with van der Waals surface area (Å²) in [6, 6.07) is 13.6. The number of phenols is 1. The fourth-order valence-electron chi connectivity index (χ4n) is 4.35. The van der Waals surface area contributed by atoms with Crippen molar-refractivity contribution in [3.05, 3.63) is 58.1 Å². The van der Waals surface area contributed by atoms with Gasteiger partial charge in [0.15, 0.2) is 11.5 Å². The number of likely N-dealkylation sites (tertiary alicyclic amines) is 1. The van der Waals surface area contributed by atoms with Gasteiger partial charge in [0.05, 0.1) is 7.11 Å². The molecular weight excluding hydrogens is 446 g/mol. The standard InChI is InChI=1S/C23H26BrN3O3/c1-15(28)27-12-10-23(11-13-27)25-19(16-6-8-17(24)9-7-16)14-20(26-23)18-4-3-5-21(30-2)22(18)29/h3-9,20,26,29H,10-14H2,1-2H3. The van der Waals surface area contributed by atoms with Gasteiger partial charge in [0.1, 0.15) is 5.66 Å². The second-order valence-corrected chi connectivity index (χ2v) is 8.82. The first-order chi connectivity index (χ1) is 14.4. The zero-order valence-electron chi connectivity index (χ0n) is 17.2. The highest BCUT2D eigenvalue weighted by atomic mass is 79.9. The van der Waals surface area contributed by atoms with Crippen LogP contribution in [-0.4, -0.2) is 47.5 Å². The van der Waals surface area contributed by atoms with E-state index in [0.29, 0.717) is 25.3 Å². The van der Waals surface area contributed by atoms with Crippen molar-refractivity contribution >= 4 is 27.5 Å². The van der Waals surface area contributed by atoms with Crippen molar-refractivity contribution in [2.24, 2.45) is 4.99 Å². The van der Waals surface area contributed by atoms with Gasteiger partial charge < -0.3 is 14.7 Å². The number of methoxy groups -OCH3 is 1. The molecule has 2 heterocycles. The molecule has 1 fully saturated rings. The van der Waals surface area contributed by atoms with Gasteiger partial charge in [-0.1, -0.05) is 40.2 Å². The van der Waals surface area contributed by atoms with Crippen LogP contribution in [0.25, 0.3) is 0 Å². The molecule has 7 heteroatoms. The molecule has 30 heavy (non-hydrogen) atoms. The Morgan fingerprint density at radius 2 is 1.93 bits per heavy atom. The summed E-state index contributed by atoms with van der Waals surface area (Å²) in [6.45, 7) is 2.94. The van der Waals surface area contributed by atoms with E-state index >= 15 is 0 Å². The van der Waals surface area contributed by atoms with Gasteiger partial charge in [0, 0.05) is 61.1 Å². The highest BCUT2D eigenvalue weighted by molar-refractivity contribution is 9.10. The van der Waals surface area contributed by atoms with Gasteiger partial charge in [0.2, 0.25) is 5.91 Å². The number of hydrogen-bond donors (Lipinski definition) is 2. The van der Waals surface area contributed by atoms with Crippen molar-refractivity contribution in [1.82, 2.24) is 10.2 Å². The number of aromatic hydroxyl groups is 1. The van der Waals surface area contributed by atoms with E-state index in [-0.39, 0.29) is 17.7 Å². The fraction of sp³-hybridized carbons (Fsp3) is 0.391. The molecule has 1 spiro atoms. The van der Waals surface area contributed by atoms with Gasteiger partial charge in [0.25, 0.3) is 0 Å². The van der Waals surface area contributed by atoms with Crippen molar-refractivity contribution in [3.63, 3.8) is 0 Å². The van der Waals surface area contributed by atoms with E-state index in [1.54, 1.807) is 20.1 Å². The third-order valence-corrected chi connectivity index (χ3v) is 6.56. The Kier molecular flexibility index (Phi) is 5.84. The van der Waals surface area contributed by atoms with Crippen molar-refractivity contribution in [2.45, 2.75) is 37.9 Å². The monoisotopic (exact) mass is 471 g/mol. The average Bonchev–Trinajstić information content (AvgIpc) is 2.74. The first kappa shape index (κ1) is 20.9. The number of piperidine rings is 1. The van der Waals surface area contributed by atoms with E-state index in [1.165, 1.54) is 0 Å². The zero-order chi connectivity index (χ0) is 21.3. The van der Waals surface area contributed by atoms with Crippen LogP contribution in [0.2, 0.25) is 0 Å². The number of aliphatic imine (C=N–C) groups is 1. The van der Waals surface area contributed by atoms with Crippen LogP contribution in [0.15, 0.2) is 51.9 Å². The van der Waals surface area contributed by atoms with Crippen LogP contribution in [-0.2, 0) is 4.79 Å². The lowest BCUT2D eigenvalue weighted by molar-refractivity contribution is -0.130. The van der Waals surface area contributed by atoms with Crippen molar-refractivity contribution in [1.29, 1.82) is 0 Å². The van der Waals surface area contributed by atoms with Gasteiger partial charge in [-0.2, -0.15) is 0 Å². The molecule has 1 saturated heterocycles.